The fourth-order valence-electron chi connectivity index (χ4n) is 2.61. The number of hydrogen-bond acceptors (Lipinski definition) is 3. The second-order valence-electron chi connectivity index (χ2n) is 5.19. The number of hydrogen-bond donors (Lipinski definition) is 1. The molecule has 0 bridgehead atoms. The average molecular weight is 230 g/mol. The minimum atomic E-state index is -0.317. The smallest absolute Gasteiger partial charge is 0.0864 e. The van der Waals surface area contributed by atoms with E-state index in [0.29, 0.717) is 25.0 Å². The van der Waals surface area contributed by atoms with Crippen LogP contribution in [0.5, 0.6) is 0 Å². The van der Waals surface area contributed by atoms with Crippen molar-refractivity contribution < 1.29 is 14.6 Å². The van der Waals surface area contributed by atoms with Gasteiger partial charge >= 0.3 is 0 Å². The van der Waals surface area contributed by atoms with Gasteiger partial charge in [0, 0.05) is 6.61 Å². The molecule has 5 unspecified atom stereocenters. The van der Waals surface area contributed by atoms with Gasteiger partial charge < -0.3 is 14.6 Å². The third-order valence-corrected chi connectivity index (χ3v) is 3.30. The van der Waals surface area contributed by atoms with Crippen LogP contribution in [-0.4, -0.2) is 36.6 Å². The fourth-order valence-corrected chi connectivity index (χ4v) is 2.61. The van der Waals surface area contributed by atoms with Gasteiger partial charge in [-0.05, 0) is 38.5 Å². The first-order valence-electron chi connectivity index (χ1n) is 6.45. The molecule has 0 aliphatic heterocycles. The fraction of sp³-hybridized carbons (Fsp3) is 1.00. The highest BCUT2D eigenvalue weighted by atomic mass is 16.5. The Hall–Kier alpha value is -0.120. The Kier molecular flexibility index (Phi) is 5.73. The van der Waals surface area contributed by atoms with Crippen molar-refractivity contribution in [3.05, 3.63) is 0 Å². The molecular weight excluding hydrogens is 204 g/mol. The molecule has 0 saturated heterocycles. The Morgan fingerprint density at radius 3 is 2.56 bits per heavy atom. The quantitative estimate of drug-likeness (QED) is 0.787. The summed E-state index contributed by atoms with van der Waals surface area (Å²) in [6.45, 7) is 9.67. The first-order valence-corrected chi connectivity index (χ1v) is 6.45. The highest BCUT2D eigenvalue weighted by molar-refractivity contribution is 4.84. The van der Waals surface area contributed by atoms with Crippen molar-refractivity contribution in [1.29, 1.82) is 0 Å². The van der Waals surface area contributed by atoms with Gasteiger partial charge in [0.25, 0.3) is 0 Å². The normalized spacial score (nSPS) is 37.3. The van der Waals surface area contributed by atoms with Gasteiger partial charge in [-0.25, -0.2) is 0 Å². The van der Waals surface area contributed by atoms with Gasteiger partial charge in [-0.15, -0.1) is 0 Å². The van der Waals surface area contributed by atoms with Gasteiger partial charge in [0.15, 0.2) is 0 Å². The number of aliphatic hydroxyl groups excluding tert-OH is 1. The minimum Gasteiger partial charge on any atom is -0.390 e. The van der Waals surface area contributed by atoms with Crippen LogP contribution in [0.25, 0.3) is 0 Å². The summed E-state index contributed by atoms with van der Waals surface area (Å²) >= 11 is 0. The van der Waals surface area contributed by atoms with Crippen molar-refractivity contribution in [3.8, 4) is 0 Å². The second-order valence-corrected chi connectivity index (χ2v) is 5.19. The lowest BCUT2D eigenvalue weighted by Crippen LogP contribution is -2.43. The zero-order valence-corrected chi connectivity index (χ0v) is 11.0. The molecule has 3 nitrogen and oxygen atoms in total. The van der Waals surface area contributed by atoms with Crippen LogP contribution in [0.15, 0.2) is 0 Å². The molecule has 96 valence electrons. The van der Waals surface area contributed by atoms with Crippen molar-refractivity contribution in [1.82, 2.24) is 0 Å². The Bertz CT molecular complexity index is 184. The summed E-state index contributed by atoms with van der Waals surface area (Å²) in [6.07, 6.45) is 1.73. The molecule has 0 aromatic rings. The van der Waals surface area contributed by atoms with E-state index < -0.39 is 0 Å². The van der Waals surface area contributed by atoms with Crippen LogP contribution < -0.4 is 0 Å². The zero-order chi connectivity index (χ0) is 12.1. The van der Waals surface area contributed by atoms with E-state index >= 15 is 0 Å². The maximum absolute atomic E-state index is 10.0. The maximum Gasteiger partial charge on any atom is 0.0864 e. The maximum atomic E-state index is 10.0. The average Bonchev–Trinajstić information content (AvgIpc) is 2.20. The Balaban J connectivity index is 2.39. The second kappa shape index (κ2) is 6.58. The largest absolute Gasteiger partial charge is 0.390 e. The topological polar surface area (TPSA) is 38.7 Å². The first kappa shape index (κ1) is 13.9. The van der Waals surface area contributed by atoms with Crippen molar-refractivity contribution in [2.75, 3.05) is 13.2 Å². The van der Waals surface area contributed by atoms with E-state index in [1.54, 1.807) is 0 Å². The first-order chi connectivity index (χ1) is 7.54. The summed E-state index contributed by atoms with van der Waals surface area (Å²) in [5.41, 5.74) is 0. The lowest BCUT2D eigenvalue weighted by atomic mass is 9.79. The molecule has 0 aromatic heterocycles. The molecule has 1 aliphatic carbocycles. The molecule has 16 heavy (non-hydrogen) atoms. The summed E-state index contributed by atoms with van der Waals surface area (Å²) in [7, 11) is 0. The van der Waals surface area contributed by atoms with E-state index in [-0.39, 0.29) is 18.3 Å². The van der Waals surface area contributed by atoms with Crippen LogP contribution in [0.2, 0.25) is 0 Å². The summed E-state index contributed by atoms with van der Waals surface area (Å²) < 4.78 is 11.2. The van der Waals surface area contributed by atoms with E-state index in [1.807, 2.05) is 13.8 Å². The molecule has 0 amide bonds. The number of rotatable bonds is 5. The Labute approximate surface area is 99.1 Å². The molecular formula is C13H26O3. The zero-order valence-electron chi connectivity index (χ0n) is 11.0. The Morgan fingerprint density at radius 1 is 1.31 bits per heavy atom. The van der Waals surface area contributed by atoms with Gasteiger partial charge in [-0.3, -0.25) is 0 Å². The van der Waals surface area contributed by atoms with Gasteiger partial charge in [0.1, 0.15) is 0 Å². The molecule has 5 atom stereocenters. The van der Waals surface area contributed by atoms with E-state index in [9.17, 15) is 5.11 Å². The van der Waals surface area contributed by atoms with Gasteiger partial charge in [-0.2, -0.15) is 0 Å². The summed E-state index contributed by atoms with van der Waals surface area (Å²) in [5, 5.41) is 10.0. The molecule has 0 aromatic carbocycles. The van der Waals surface area contributed by atoms with Crippen LogP contribution in [0.3, 0.4) is 0 Å². The van der Waals surface area contributed by atoms with Crippen molar-refractivity contribution >= 4 is 0 Å². The molecule has 1 aliphatic rings. The SMILES string of the molecule is CCOCC(C)OC1C(C)CC(C)CC1O. The molecule has 1 rings (SSSR count). The molecule has 1 saturated carbocycles. The van der Waals surface area contributed by atoms with E-state index in [1.165, 1.54) is 0 Å². The lowest BCUT2D eigenvalue weighted by molar-refractivity contribution is -0.135. The van der Waals surface area contributed by atoms with E-state index in [0.717, 1.165) is 12.8 Å². The number of ether oxygens (including phenoxy) is 2. The van der Waals surface area contributed by atoms with Gasteiger partial charge in [0.2, 0.25) is 0 Å². The monoisotopic (exact) mass is 230 g/mol. The third-order valence-electron chi connectivity index (χ3n) is 3.30. The lowest BCUT2D eigenvalue weighted by Gasteiger charge is -2.38. The van der Waals surface area contributed by atoms with Crippen LogP contribution in [0, 0.1) is 11.8 Å². The van der Waals surface area contributed by atoms with Crippen LogP contribution in [-0.2, 0) is 9.47 Å². The van der Waals surface area contributed by atoms with Crippen LogP contribution in [0.1, 0.15) is 40.5 Å². The van der Waals surface area contributed by atoms with E-state index in [2.05, 4.69) is 13.8 Å². The van der Waals surface area contributed by atoms with Crippen molar-refractivity contribution in [2.24, 2.45) is 11.8 Å². The van der Waals surface area contributed by atoms with Crippen LogP contribution in [0.4, 0.5) is 0 Å². The molecule has 0 heterocycles. The summed E-state index contributed by atoms with van der Waals surface area (Å²) in [4.78, 5) is 0. The predicted octanol–water partition coefficient (Wildman–Crippen LogP) is 2.22. The van der Waals surface area contributed by atoms with E-state index in [4.69, 9.17) is 9.47 Å². The minimum absolute atomic E-state index is 0.0216. The highest BCUT2D eigenvalue weighted by Gasteiger charge is 2.34. The molecule has 1 N–H and O–H groups in total. The Morgan fingerprint density at radius 2 is 2.00 bits per heavy atom. The standard InChI is InChI=1S/C13H26O3/c1-5-15-8-11(4)16-13-10(3)6-9(2)7-12(13)14/h9-14H,5-8H2,1-4H3. The highest BCUT2D eigenvalue weighted by Crippen LogP contribution is 2.31. The molecule has 0 spiro atoms. The number of aliphatic hydroxyl groups is 1. The molecule has 3 heteroatoms. The van der Waals surface area contributed by atoms with Crippen molar-refractivity contribution in [3.63, 3.8) is 0 Å². The predicted molar refractivity (Wildman–Crippen MR) is 64.4 cm³/mol. The molecule has 0 radical (unpaired) electrons. The van der Waals surface area contributed by atoms with Crippen LogP contribution >= 0.6 is 0 Å². The molecule has 1 fully saturated rings. The van der Waals surface area contributed by atoms with Gasteiger partial charge in [-0.1, -0.05) is 13.8 Å². The van der Waals surface area contributed by atoms with Gasteiger partial charge in [0.05, 0.1) is 24.9 Å². The summed E-state index contributed by atoms with van der Waals surface area (Å²) in [5.74, 6) is 1.04. The van der Waals surface area contributed by atoms with Crippen molar-refractivity contribution in [2.45, 2.75) is 58.8 Å². The third kappa shape index (κ3) is 4.04. The summed E-state index contributed by atoms with van der Waals surface area (Å²) in [6, 6.07) is 0.